The zero-order chi connectivity index (χ0) is 22.9. The van der Waals surface area contributed by atoms with Crippen molar-refractivity contribution in [3.63, 3.8) is 0 Å². The van der Waals surface area contributed by atoms with E-state index in [-0.39, 0.29) is 17.4 Å². The maximum atomic E-state index is 12.9. The molecule has 5 aromatic rings. The SMILES string of the molecule is Cc1cnc2ccc(-c3nc(C(=O)NCCc4nccn4C)c(N)nc3-c3ccc[nH]3)cn12. The van der Waals surface area contributed by atoms with Crippen LogP contribution in [0.2, 0.25) is 0 Å². The number of nitrogens with two attached hydrogens (primary N) is 1. The van der Waals surface area contributed by atoms with Gasteiger partial charge >= 0.3 is 0 Å². The highest BCUT2D eigenvalue weighted by Crippen LogP contribution is 2.30. The summed E-state index contributed by atoms with van der Waals surface area (Å²) in [5.74, 6) is 0.562. The van der Waals surface area contributed by atoms with Gasteiger partial charge in [0.1, 0.15) is 22.9 Å². The van der Waals surface area contributed by atoms with E-state index in [0.29, 0.717) is 24.4 Å². The Kier molecular flexibility index (Phi) is 5.09. The van der Waals surface area contributed by atoms with Crippen molar-refractivity contribution in [1.82, 2.24) is 39.2 Å². The quantitative estimate of drug-likeness (QED) is 0.371. The van der Waals surface area contributed by atoms with Crippen LogP contribution in [0.25, 0.3) is 28.3 Å². The van der Waals surface area contributed by atoms with Crippen LogP contribution in [-0.4, -0.2) is 46.3 Å². The molecule has 0 spiro atoms. The Morgan fingerprint density at radius 1 is 1.18 bits per heavy atom. The molecule has 5 rings (SSSR count). The van der Waals surface area contributed by atoms with E-state index in [2.05, 4.69) is 30.2 Å². The van der Waals surface area contributed by atoms with Crippen LogP contribution in [0.1, 0.15) is 22.0 Å². The largest absolute Gasteiger partial charge is 0.382 e. The molecule has 33 heavy (non-hydrogen) atoms. The second-order valence-electron chi connectivity index (χ2n) is 7.74. The number of aromatic amines is 1. The van der Waals surface area contributed by atoms with E-state index in [0.717, 1.165) is 28.4 Å². The van der Waals surface area contributed by atoms with Crippen molar-refractivity contribution < 1.29 is 4.79 Å². The molecule has 10 heteroatoms. The number of rotatable bonds is 6. The third-order valence-corrected chi connectivity index (χ3v) is 5.51. The van der Waals surface area contributed by atoms with Crippen molar-refractivity contribution in [2.75, 3.05) is 12.3 Å². The highest BCUT2D eigenvalue weighted by atomic mass is 16.1. The summed E-state index contributed by atoms with van der Waals surface area (Å²) in [7, 11) is 1.91. The molecule has 0 fully saturated rings. The molecule has 0 saturated carbocycles. The molecule has 166 valence electrons. The summed E-state index contributed by atoms with van der Waals surface area (Å²) in [5.41, 5.74) is 10.8. The van der Waals surface area contributed by atoms with Gasteiger partial charge in [0.15, 0.2) is 11.5 Å². The summed E-state index contributed by atoms with van der Waals surface area (Å²) >= 11 is 0. The fraction of sp³-hybridized carbons (Fsp3) is 0.174. The molecular weight excluding hydrogens is 418 g/mol. The molecular formula is C23H23N9O. The number of carbonyl (C=O) groups is 1. The fourth-order valence-electron chi connectivity index (χ4n) is 3.73. The number of fused-ring (bicyclic) bond motifs is 1. The van der Waals surface area contributed by atoms with E-state index in [9.17, 15) is 4.79 Å². The van der Waals surface area contributed by atoms with Gasteiger partial charge in [-0.15, -0.1) is 0 Å². The van der Waals surface area contributed by atoms with Crippen molar-refractivity contribution in [3.8, 4) is 22.6 Å². The molecule has 0 aliphatic carbocycles. The number of anilines is 1. The standard InChI is InChI=1S/C23H23N9O/c1-14-12-28-18-6-5-15(13-32(14)18)19-20(16-4-3-8-25-16)30-22(24)21(29-19)23(33)27-9-7-17-26-10-11-31(17)2/h3-6,8,10-13,25H,7,9H2,1-2H3,(H2,24,30)(H,27,33). The Hall–Kier alpha value is -4.47. The molecule has 0 aliphatic rings. The summed E-state index contributed by atoms with van der Waals surface area (Å²) < 4.78 is 3.89. The van der Waals surface area contributed by atoms with Gasteiger partial charge in [0.2, 0.25) is 0 Å². The predicted octanol–water partition coefficient (Wildman–Crippen LogP) is 2.38. The van der Waals surface area contributed by atoms with Gasteiger partial charge in [0.25, 0.3) is 5.91 Å². The number of pyridine rings is 1. The fourth-order valence-corrected chi connectivity index (χ4v) is 3.73. The van der Waals surface area contributed by atoms with E-state index in [1.54, 1.807) is 18.6 Å². The maximum Gasteiger partial charge on any atom is 0.273 e. The van der Waals surface area contributed by atoms with Crippen LogP contribution in [-0.2, 0) is 13.5 Å². The summed E-state index contributed by atoms with van der Waals surface area (Å²) in [6.45, 7) is 2.38. The van der Waals surface area contributed by atoms with Crippen molar-refractivity contribution in [2.45, 2.75) is 13.3 Å². The van der Waals surface area contributed by atoms with Crippen molar-refractivity contribution >= 4 is 17.4 Å². The first-order chi connectivity index (χ1) is 16.0. The van der Waals surface area contributed by atoms with E-state index in [1.165, 1.54) is 0 Å². The number of aryl methyl sites for hydroxylation is 2. The van der Waals surface area contributed by atoms with Crippen LogP contribution in [0.15, 0.2) is 55.2 Å². The summed E-state index contributed by atoms with van der Waals surface area (Å²) in [5, 5.41) is 2.88. The lowest BCUT2D eigenvalue weighted by Gasteiger charge is -2.13. The second-order valence-corrected chi connectivity index (χ2v) is 7.74. The number of H-pyrrole nitrogens is 1. The lowest BCUT2D eigenvalue weighted by atomic mass is 10.1. The molecule has 1 amide bonds. The molecule has 0 saturated heterocycles. The molecule has 0 aliphatic heterocycles. The van der Waals surface area contributed by atoms with Gasteiger partial charge in [0, 0.05) is 62.3 Å². The van der Waals surface area contributed by atoms with Crippen molar-refractivity contribution in [2.24, 2.45) is 7.05 Å². The van der Waals surface area contributed by atoms with Crippen molar-refractivity contribution in [3.05, 3.63) is 72.5 Å². The monoisotopic (exact) mass is 441 g/mol. The van der Waals surface area contributed by atoms with Crippen LogP contribution < -0.4 is 11.1 Å². The number of imidazole rings is 2. The average molecular weight is 441 g/mol. The first-order valence-corrected chi connectivity index (χ1v) is 10.5. The molecule has 0 aromatic carbocycles. The highest BCUT2D eigenvalue weighted by molar-refractivity contribution is 5.97. The Morgan fingerprint density at radius 2 is 2.06 bits per heavy atom. The number of hydrogen-bond donors (Lipinski definition) is 3. The van der Waals surface area contributed by atoms with E-state index in [1.807, 2.05) is 59.6 Å². The topological polar surface area (TPSA) is 132 Å². The third-order valence-electron chi connectivity index (χ3n) is 5.51. The van der Waals surface area contributed by atoms with Gasteiger partial charge in [-0.2, -0.15) is 0 Å². The maximum absolute atomic E-state index is 12.9. The van der Waals surface area contributed by atoms with Crippen molar-refractivity contribution in [1.29, 1.82) is 0 Å². The summed E-state index contributed by atoms with van der Waals surface area (Å²) in [6.07, 6.45) is 9.73. The predicted molar refractivity (Wildman–Crippen MR) is 124 cm³/mol. The zero-order valence-electron chi connectivity index (χ0n) is 18.3. The number of hydrogen-bond acceptors (Lipinski definition) is 6. The van der Waals surface area contributed by atoms with Gasteiger partial charge < -0.3 is 25.0 Å². The second kappa shape index (κ2) is 8.23. The minimum absolute atomic E-state index is 0.0673. The lowest BCUT2D eigenvalue weighted by molar-refractivity contribution is 0.0949. The van der Waals surface area contributed by atoms with Gasteiger partial charge in [-0.1, -0.05) is 0 Å². The zero-order valence-corrected chi connectivity index (χ0v) is 18.3. The van der Waals surface area contributed by atoms with Crippen LogP contribution in [0.5, 0.6) is 0 Å². The smallest absolute Gasteiger partial charge is 0.273 e. The van der Waals surface area contributed by atoms with Gasteiger partial charge in [-0.25, -0.2) is 19.9 Å². The van der Waals surface area contributed by atoms with E-state index >= 15 is 0 Å². The van der Waals surface area contributed by atoms with E-state index < -0.39 is 0 Å². The number of nitrogens with zero attached hydrogens (tertiary/aromatic N) is 6. The molecule has 4 N–H and O–H groups in total. The number of aromatic nitrogens is 7. The highest BCUT2D eigenvalue weighted by Gasteiger charge is 2.21. The minimum atomic E-state index is -0.381. The number of carbonyl (C=O) groups excluding carboxylic acids is 1. The number of nitrogens with one attached hydrogen (secondary N) is 2. The number of nitrogen functional groups attached to an aromatic ring is 1. The first-order valence-electron chi connectivity index (χ1n) is 10.5. The van der Waals surface area contributed by atoms with Crippen LogP contribution >= 0.6 is 0 Å². The summed E-state index contributed by atoms with van der Waals surface area (Å²) in [6, 6.07) is 7.58. The third kappa shape index (κ3) is 3.82. The van der Waals surface area contributed by atoms with E-state index in [4.69, 9.17) is 5.73 Å². The Balaban J connectivity index is 1.52. The Bertz CT molecular complexity index is 1450. The molecule has 0 unspecified atom stereocenters. The lowest BCUT2D eigenvalue weighted by Crippen LogP contribution is -2.28. The molecule has 5 aromatic heterocycles. The summed E-state index contributed by atoms with van der Waals surface area (Å²) in [4.78, 5) is 34.0. The minimum Gasteiger partial charge on any atom is -0.382 e. The molecule has 0 bridgehead atoms. The average Bonchev–Trinajstić information content (AvgIpc) is 3.56. The van der Waals surface area contributed by atoms with Gasteiger partial charge in [-0.3, -0.25) is 4.79 Å². The first kappa shape index (κ1) is 20.4. The molecule has 10 nitrogen and oxygen atoms in total. The van der Waals surface area contributed by atoms with Gasteiger partial charge in [0.05, 0.1) is 5.69 Å². The molecule has 0 radical (unpaired) electrons. The number of amides is 1. The molecule has 5 heterocycles. The Morgan fingerprint density at radius 3 is 2.82 bits per heavy atom. The molecule has 0 atom stereocenters. The van der Waals surface area contributed by atoms with Crippen LogP contribution in [0.3, 0.4) is 0 Å². The normalized spacial score (nSPS) is 11.2. The van der Waals surface area contributed by atoms with Crippen LogP contribution in [0, 0.1) is 6.92 Å². The van der Waals surface area contributed by atoms with Gasteiger partial charge in [-0.05, 0) is 31.2 Å². The van der Waals surface area contributed by atoms with Crippen LogP contribution in [0.4, 0.5) is 5.82 Å². The Labute approximate surface area is 189 Å².